The first-order chi connectivity index (χ1) is 16.1. The Kier molecular flexibility index (Phi) is 7.15. The Morgan fingerprint density at radius 3 is 2.27 bits per heavy atom. The van der Waals surface area contributed by atoms with Gasteiger partial charge in [0.15, 0.2) is 11.5 Å². The molecule has 0 unspecified atom stereocenters. The minimum absolute atomic E-state index is 0.0575. The molecule has 6 nitrogen and oxygen atoms in total. The lowest BCUT2D eigenvalue weighted by molar-refractivity contribution is 0.266. The van der Waals surface area contributed by atoms with Crippen LogP contribution in [0.4, 0.5) is 0 Å². The van der Waals surface area contributed by atoms with Gasteiger partial charge in [-0.25, -0.2) is 4.98 Å². The largest absolute Gasteiger partial charge is 0.493 e. The summed E-state index contributed by atoms with van der Waals surface area (Å²) in [5, 5.41) is 1.24. The van der Waals surface area contributed by atoms with Gasteiger partial charge in [0.25, 0.3) is 5.56 Å². The Bertz CT molecular complexity index is 1280. The number of para-hydroxylation sites is 2. The Morgan fingerprint density at radius 2 is 1.58 bits per heavy atom. The van der Waals surface area contributed by atoms with E-state index in [-0.39, 0.29) is 5.56 Å². The van der Waals surface area contributed by atoms with E-state index in [1.54, 1.807) is 30.9 Å². The maximum absolute atomic E-state index is 13.3. The molecule has 0 atom stereocenters. The van der Waals surface area contributed by atoms with Crippen molar-refractivity contribution in [1.29, 1.82) is 0 Å². The molecule has 0 N–H and O–H groups in total. The first kappa shape index (κ1) is 22.7. The normalized spacial score (nSPS) is 10.9. The molecule has 0 fully saturated rings. The van der Waals surface area contributed by atoms with Crippen LogP contribution in [0.5, 0.6) is 17.2 Å². The van der Waals surface area contributed by atoms with Crippen molar-refractivity contribution in [3.63, 3.8) is 0 Å². The number of benzene rings is 3. The number of nitrogens with zero attached hydrogens (tertiary/aromatic N) is 2. The maximum atomic E-state index is 13.3. The summed E-state index contributed by atoms with van der Waals surface area (Å²) >= 11 is 6.06. The fraction of sp³-hybridized carbons (Fsp3) is 0.231. The molecule has 4 aromatic rings. The van der Waals surface area contributed by atoms with Crippen LogP contribution in [0.25, 0.3) is 22.3 Å². The summed E-state index contributed by atoms with van der Waals surface area (Å²) in [7, 11) is 3.19. The third-order valence-corrected chi connectivity index (χ3v) is 5.62. The second-order valence-corrected chi connectivity index (χ2v) is 7.90. The summed E-state index contributed by atoms with van der Waals surface area (Å²) in [6, 6.07) is 20.3. The van der Waals surface area contributed by atoms with E-state index in [2.05, 4.69) is 0 Å². The maximum Gasteiger partial charge on any atom is 0.261 e. The van der Waals surface area contributed by atoms with Gasteiger partial charge in [0.1, 0.15) is 5.82 Å². The quantitative estimate of drug-likeness (QED) is 0.302. The van der Waals surface area contributed by atoms with Crippen molar-refractivity contribution in [2.75, 3.05) is 20.8 Å². The van der Waals surface area contributed by atoms with E-state index in [4.69, 9.17) is 30.8 Å². The third kappa shape index (κ3) is 4.96. The zero-order valence-corrected chi connectivity index (χ0v) is 19.3. The van der Waals surface area contributed by atoms with Crippen LogP contribution in [0, 0.1) is 0 Å². The van der Waals surface area contributed by atoms with Gasteiger partial charge in [-0.1, -0.05) is 29.8 Å². The molecule has 0 aliphatic carbocycles. The predicted octanol–water partition coefficient (Wildman–Crippen LogP) is 5.59. The van der Waals surface area contributed by atoms with Crippen LogP contribution >= 0.6 is 11.6 Å². The number of halogens is 1. The summed E-state index contributed by atoms with van der Waals surface area (Å²) in [6.45, 7) is 0.976. The molecule has 7 heteroatoms. The highest BCUT2D eigenvalue weighted by molar-refractivity contribution is 6.30. The van der Waals surface area contributed by atoms with Crippen molar-refractivity contribution in [2.24, 2.45) is 0 Å². The second kappa shape index (κ2) is 10.4. The average molecular weight is 465 g/mol. The Morgan fingerprint density at radius 1 is 0.879 bits per heavy atom. The molecule has 0 saturated carbocycles. The van der Waals surface area contributed by atoms with Crippen molar-refractivity contribution in [3.8, 4) is 28.6 Å². The van der Waals surface area contributed by atoms with Crippen LogP contribution in [0.2, 0.25) is 5.02 Å². The molecule has 170 valence electrons. The topological polar surface area (TPSA) is 62.6 Å². The summed E-state index contributed by atoms with van der Waals surface area (Å²) in [4.78, 5) is 18.1. The van der Waals surface area contributed by atoms with Crippen LogP contribution < -0.4 is 19.8 Å². The molecule has 0 saturated heterocycles. The monoisotopic (exact) mass is 464 g/mol. The van der Waals surface area contributed by atoms with Crippen molar-refractivity contribution in [1.82, 2.24) is 9.55 Å². The molecule has 0 spiro atoms. The van der Waals surface area contributed by atoms with Crippen molar-refractivity contribution >= 4 is 22.5 Å². The van der Waals surface area contributed by atoms with Crippen LogP contribution in [0.15, 0.2) is 71.5 Å². The minimum atomic E-state index is -0.0575. The molecular weight excluding hydrogens is 440 g/mol. The van der Waals surface area contributed by atoms with Gasteiger partial charge in [0.2, 0.25) is 5.75 Å². The van der Waals surface area contributed by atoms with Gasteiger partial charge in [0.05, 0.1) is 31.7 Å². The van der Waals surface area contributed by atoms with Crippen molar-refractivity contribution in [2.45, 2.75) is 19.4 Å². The van der Waals surface area contributed by atoms with E-state index in [0.29, 0.717) is 52.2 Å². The van der Waals surface area contributed by atoms with E-state index < -0.39 is 0 Å². The highest BCUT2D eigenvalue weighted by Gasteiger charge is 2.14. The highest BCUT2D eigenvalue weighted by Crippen LogP contribution is 2.36. The fourth-order valence-corrected chi connectivity index (χ4v) is 3.83. The fourth-order valence-electron chi connectivity index (χ4n) is 3.70. The first-order valence-corrected chi connectivity index (χ1v) is 11.1. The number of methoxy groups -OCH3 is 2. The summed E-state index contributed by atoms with van der Waals surface area (Å²) in [5.74, 6) is 2.44. The summed E-state index contributed by atoms with van der Waals surface area (Å²) in [6.07, 6.45) is 1.47. The summed E-state index contributed by atoms with van der Waals surface area (Å²) in [5.41, 5.74) is 1.46. The number of hydrogen-bond acceptors (Lipinski definition) is 5. The smallest absolute Gasteiger partial charge is 0.261 e. The van der Waals surface area contributed by atoms with E-state index in [9.17, 15) is 4.79 Å². The number of ether oxygens (including phenoxy) is 3. The van der Waals surface area contributed by atoms with Gasteiger partial charge >= 0.3 is 0 Å². The van der Waals surface area contributed by atoms with Crippen molar-refractivity contribution < 1.29 is 14.2 Å². The predicted molar refractivity (Wildman–Crippen MR) is 131 cm³/mol. The lowest BCUT2D eigenvalue weighted by Crippen LogP contribution is -2.24. The molecule has 1 heterocycles. The minimum Gasteiger partial charge on any atom is -0.493 e. The lowest BCUT2D eigenvalue weighted by atomic mass is 10.1. The van der Waals surface area contributed by atoms with Gasteiger partial charge in [-0.3, -0.25) is 9.36 Å². The van der Waals surface area contributed by atoms with E-state index in [0.717, 1.165) is 18.4 Å². The van der Waals surface area contributed by atoms with Crippen molar-refractivity contribution in [3.05, 3.63) is 82.1 Å². The van der Waals surface area contributed by atoms with Crippen LogP contribution in [-0.4, -0.2) is 30.4 Å². The van der Waals surface area contributed by atoms with Gasteiger partial charge in [-0.05, 0) is 61.4 Å². The standard InChI is InChI=1S/C26H25ClN2O4/c1-31-22-10-7-11-23(32-2)24(22)33-17-6-5-16-29-25(18-12-14-19(27)15-13-18)28-21-9-4-3-8-20(21)26(29)30/h3-4,7-15H,5-6,16-17H2,1-2H3. The SMILES string of the molecule is COc1cccc(OC)c1OCCCCn1c(-c2ccc(Cl)cc2)nc2ccccc2c1=O. The summed E-state index contributed by atoms with van der Waals surface area (Å²) < 4.78 is 18.4. The molecular formula is C26H25ClN2O4. The molecule has 0 aliphatic heterocycles. The Hall–Kier alpha value is -3.51. The van der Waals surface area contributed by atoms with E-state index >= 15 is 0 Å². The second-order valence-electron chi connectivity index (χ2n) is 7.46. The zero-order valence-electron chi connectivity index (χ0n) is 18.6. The van der Waals surface area contributed by atoms with E-state index in [1.807, 2.05) is 54.6 Å². The highest BCUT2D eigenvalue weighted by atomic mass is 35.5. The molecule has 0 bridgehead atoms. The Labute approximate surface area is 197 Å². The molecule has 0 radical (unpaired) electrons. The molecule has 33 heavy (non-hydrogen) atoms. The molecule has 4 rings (SSSR count). The number of aromatic nitrogens is 2. The lowest BCUT2D eigenvalue weighted by Gasteiger charge is -2.15. The van der Waals surface area contributed by atoms with Gasteiger partial charge in [-0.2, -0.15) is 0 Å². The molecule has 1 aromatic heterocycles. The molecule has 0 amide bonds. The molecule has 0 aliphatic rings. The number of rotatable bonds is 9. The Balaban J connectivity index is 1.53. The van der Waals surface area contributed by atoms with Crippen LogP contribution in [0.1, 0.15) is 12.8 Å². The van der Waals surface area contributed by atoms with E-state index in [1.165, 1.54) is 0 Å². The van der Waals surface area contributed by atoms with Gasteiger partial charge in [0, 0.05) is 17.1 Å². The third-order valence-electron chi connectivity index (χ3n) is 5.37. The zero-order chi connectivity index (χ0) is 23.2. The number of fused-ring (bicyclic) bond motifs is 1. The average Bonchev–Trinajstić information content (AvgIpc) is 2.85. The first-order valence-electron chi connectivity index (χ1n) is 10.7. The van der Waals surface area contributed by atoms with Crippen LogP contribution in [0.3, 0.4) is 0 Å². The van der Waals surface area contributed by atoms with Gasteiger partial charge < -0.3 is 14.2 Å². The molecule has 3 aromatic carbocycles. The number of hydrogen-bond donors (Lipinski definition) is 0. The van der Waals surface area contributed by atoms with Gasteiger partial charge in [-0.15, -0.1) is 0 Å². The van der Waals surface area contributed by atoms with Crippen LogP contribution in [-0.2, 0) is 6.54 Å². The number of unbranched alkanes of at least 4 members (excludes halogenated alkanes) is 1.